The van der Waals surface area contributed by atoms with Crippen LogP contribution in [-0.4, -0.2) is 6.54 Å². The predicted octanol–water partition coefficient (Wildman–Crippen LogP) is 2.84. The van der Waals surface area contributed by atoms with E-state index in [1.165, 1.54) is 5.56 Å². The molecule has 13 heavy (non-hydrogen) atoms. The van der Waals surface area contributed by atoms with E-state index in [-0.39, 0.29) is 12.4 Å². The summed E-state index contributed by atoms with van der Waals surface area (Å²) in [6, 6.07) is 7.98. The molecule has 0 atom stereocenters. The molecule has 1 nitrogen and oxygen atoms in total. The molecular formula is C9H10Cl3N. The van der Waals surface area contributed by atoms with E-state index in [1.54, 1.807) is 0 Å². The van der Waals surface area contributed by atoms with Crippen molar-refractivity contribution in [3.05, 3.63) is 35.4 Å². The van der Waals surface area contributed by atoms with Gasteiger partial charge in [-0.05, 0) is 12.0 Å². The van der Waals surface area contributed by atoms with Crippen LogP contribution in [0.3, 0.4) is 0 Å². The minimum Gasteiger partial charge on any atom is -0.282 e. The molecule has 1 aromatic carbocycles. The lowest BCUT2D eigenvalue weighted by Crippen LogP contribution is -2.38. The van der Waals surface area contributed by atoms with Crippen LogP contribution in [0.25, 0.3) is 0 Å². The topological polar surface area (TPSA) is 12.0 Å². The molecule has 0 saturated carbocycles. The summed E-state index contributed by atoms with van der Waals surface area (Å²) in [6.45, 7) is 0.837. The second-order valence-electron chi connectivity index (χ2n) is 2.91. The Morgan fingerprint density at radius 1 is 1.23 bits per heavy atom. The summed E-state index contributed by atoms with van der Waals surface area (Å²) in [5.41, 5.74) is 2.22. The maximum absolute atomic E-state index is 6.06. The molecule has 4 heteroatoms. The number of hydrogen-bond donors (Lipinski definition) is 1. The molecule has 1 aliphatic heterocycles. The van der Waals surface area contributed by atoms with Crippen molar-refractivity contribution in [1.29, 1.82) is 0 Å². The standard InChI is InChI=1S/C9H9Cl2N.ClH/c10-9(11)8-4-2-1-3-7(8)5-6-12-9;/h1-4,12H,5-6H2;1H. The number of hydrogen-bond acceptors (Lipinski definition) is 1. The van der Waals surface area contributed by atoms with Crippen molar-refractivity contribution in [1.82, 2.24) is 5.32 Å². The van der Waals surface area contributed by atoms with E-state index in [2.05, 4.69) is 11.4 Å². The zero-order valence-corrected chi connectivity index (χ0v) is 9.22. The SMILES string of the molecule is Cl.ClC1(Cl)NCCc2ccccc21. The van der Waals surface area contributed by atoms with Crippen molar-refractivity contribution in [3.8, 4) is 0 Å². The fourth-order valence-electron chi connectivity index (χ4n) is 1.49. The van der Waals surface area contributed by atoms with Crippen molar-refractivity contribution < 1.29 is 0 Å². The second kappa shape index (κ2) is 4.05. The lowest BCUT2D eigenvalue weighted by Gasteiger charge is -2.29. The Bertz CT molecular complexity index is 299. The Morgan fingerprint density at radius 2 is 1.92 bits per heavy atom. The molecule has 1 heterocycles. The van der Waals surface area contributed by atoms with E-state index < -0.39 is 4.46 Å². The highest BCUT2D eigenvalue weighted by atomic mass is 35.5. The predicted molar refractivity (Wildman–Crippen MR) is 58.8 cm³/mol. The number of alkyl halides is 2. The summed E-state index contributed by atoms with van der Waals surface area (Å²) >= 11 is 12.1. The number of nitrogens with one attached hydrogen (secondary N) is 1. The Labute approximate surface area is 93.8 Å². The largest absolute Gasteiger partial charge is 0.282 e. The van der Waals surface area contributed by atoms with Crippen LogP contribution in [0.1, 0.15) is 11.1 Å². The maximum atomic E-state index is 6.06. The molecule has 0 aliphatic carbocycles. The van der Waals surface area contributed by atoms with Crippen molar-refractivity contribution in [3.63, 3.8) is 0 Å². The molecule has 72 valence electrons. The molecule has 1 N–H and O–H groups in total. The number of rotatable bonds is 0. The molecule has 1 aromatic rings. The van der Waals surface area contributed by atoms with Gasteiger partial charge in [0.05, 0.1) is 0 Å². The van der Waals surface area contributed by atoms with Crippen LogP contribution in [0.5, 0.6) is 0 Å². The van der Waals surface area contributed by atoms with Crippen LogP contribution >= 0.6 is 35.6 Å². The van der Waals surface area contributed by atoms with Gasteiger partial charge in [0.15, 0.2) is 4.46 Å². The van der Waals surface area contributed by atoms with Crippen LogP contribution in [0.4, 0.5) is 0 Å². The Balaban J connectivity index is 0.000000845. The monoisotopic (exact) mass is 237 g/mol. The molecular weight excluding hydrogens is 228 g/mol. The van der Waals surface area contributed by atoms with Crippen LogP contribution in [-0.2, 0) is 10.9 Å². The number of benzene rings is 1. The van der Waals surface area contributed by atoms with E-state index in [0.717, 1.165) is 18.5 Å². The van der Waals surface area contributed by atoms with Gasteiger partial charge in [0, 0.05) is 12.1 Å². The summed E-state index contributed by atoms with van der Waals surface area (Å²) < 4.78 is -0.894. The molecule has 1 aliphatic rings. The average Bonchev–Trinajstić information content (AvgIpc) is 2.04. The fourth-order valence-corrected chi connectivity index (χ4v) is 2.05. The third kappa shape index (κ3) is 2.10. The van der Waals surface area contributed by atoms with Gasteiger partial charge in [0.2, 0.25) is 0 Å². The van der Waals surface area contributed by atoms with Gasteiger partial charge in [-0.1, -0.05) is 47.5 Å². The summed E-state index contributed by atoms with van der Waals surface area (Å²) in [4.78, 5) is 0. The van der Waals surface area contributed by atoms with Gasteiger partial charge in [0.1, 0.15) is 0 Å². The van der Waals surface area contributed by atoms with Crippen molar-refractivity contribution in [2.24, 2.45) is 0 Å². The van der Waals surface area contributed by atoms with E-state index >= 15 is 0 Å². The lowest BCUT2D eigenvalue weighted by atomic mass is 10.0. The van der Waals surface area contributed by atoms with Gasteiger partial charge in [-0.25, -0.2) is 0 Å². The molecule has 2 rings (SSSR count). The van der Waals surface area contributed by atoms with Gasteiger partial charge >= 0.3 is 0 Å². The van der Waals surface area contributed by atoms with Gasteiger partial charge in [-0.3, -0.25) is 5.32 Å². The Morgan fingerprint density at radius 3 is 2.62 bits per heavy atom. The highest BCUT2D eigenvalue weighted by Crippen LogP contribution is 2.35. The van der Waals surface area contributed by atoms with Crippen molar-refractivity contribution in [2.75, 3.05) is 6.54 Å². The van der Waals surface area contributed by atoms with E-state index in [1.807, 2.05) is 18.2 Å². The normalized spacial score (nSPS) is 18.6. The highest BCUT2D eigenvalue weighted by Gasteiger charge is 2.30. The van der Waals surface area contributed by atoms with Crippen LogP contribution in [0.2, 0.25) is 0 Å². The van der Waals surface area contributed by atoms with Crippen molar-refractivity contribution >= 4 is 35.6 Å². The lowest BCUT2D eigenvalue weighted by molar-refractivity contribution is 0.576. The van der Waals surface area contributed by atoms with Crippen LogP contribution < -0.4 is 5.32 Å². The number of halogens is 3. The average molecular weight is 239 g/mol. The minimum atomic E-state index is -0.894. The van der Waals surface area contributed by atoms with Gasteiger partial charge in [0.25, 0.3) is 0 Å². The Hall–Kier alpha value is 0.0500. The van der Waals surface area contributed by atoms with Crippen LogP contribution in [0.15, 0.2) is 24.3 Å². The third-order valence-electron chi connectivity index (χ3n) is 2.10. The molecule has 0 amide bonds. The first-order chi connectivity index (χ1) is 5.70. The first-order valence-corrected chi connectivity index (χ1v) is 4.67. The first-order valence-electron chi connectivity index (χ1n) is 3.91. The molecule has 0 bridgehead atoms. The van der Waals surface area contributed by atoms with Gasteiger partial charge in [-0.2, -0.15) is 0 Å². The highest BCUT2D eigenvalue weighted by molar-refractivity contribution is 6.47. The quantitative estimate of drug-likeness (QED) is 0.541. The van der Waals surface area contributed by atoms with Gasteiger partial charge < -0.3 is 0 Å². The fraction of sp³-hybridized carbons (Fsp3) is 0.333. The third-order valence-corrected chi connectivity index (χ3v) is 2.77. The first kappa shape index (κ1) is 11.1. The van der Waals surface area contributed by atoms with Crippen LogP contribution in [0, 0.1) is 0 Å². The summed E-state index contributed by atoms with van der Waals surface area (Å²) in [5.74, 6) is 0. The maximum Gasteiger partial charge on any atom is 0.195 e. The van der Waals surface area contributed by atoms with E-state index in [9.17, 15) is 0 Å². The summed E-state index contributed by atoms with van der Waals surface area (Å²) in [6.07, 6.45) is 0.997. The van der Waals surface area contributed by atoms with Crippen molar-refractivity contribution in [2.45, 2.75) is 10.9 Å². The minimum absolute atomic E-state index is 0. The molecule has 0 spiro atoms. The second-order valence-corrected chi connectivity index (χ2v) is 4.24. The van der Waals surface area contributed by atoms with E-state index in [4.69, 9.17) is 23.2 Å². The van der Waals surface area contributed by atoms with Gasteiger partial charge in [-0.15, -0.1) is 12.4 Å². The molecule has 0 aromatic heterocycles. The zero-order valence-electron chi connectivity index (χ0n) is 6.89. The zero-order chi connectivity index (χ0) is 8.60. The Kier molecular flexibility index (Phi) is 3.47. The summed E-state index contributed by atoms with van der Waals surface area (Å²) in [7, 11) is 0. The molecule has 0 unspecified atom stereocenters. The molecule has 0 radical (unpaired) electrons. The molecule has 0 fully saturated rings. The van der Waals surface area contributed by atoms with E-state index in [0.29, 0.717) is 0 Å². The smallest absolute Gasteiger partial charge is 0.195 e. The summed E-state index contributed by atoms with van der Waals surface area (Å²) in [5, 5.41) is 3.05. The molecule has 0 saturated heterocycles. The number of fused-ring (bicyclic) bond motifs is 1.